The molecule has 1 rings (SSSR count). The summed E-state index contributed by atoms with van der Waals surface area (Å²) in [5, 5.41) is 8.75. The molecule has 0 saturated heterocycles. The van der Waals surface area contributed by atoms with Crippen LogP contribution in [0.2, 0.25) is 0 Å². The molecule has 16 heavy (non-hydrogen) atoms. The zero-order chi connectivity index (χ0) is 12.3. The van der Waals surface area contributed by atoms with E-state index in [-0.39, 0.29) is 6.42 Å². The summed E-state index contributed by atoms with van der Waals surface area (Å²) in [6.07, 6.45) is -1.28. The van der Waals surface area contributed by atoms with E-state index in [1.165, 1.54) is 0 Å². The highest BCUT2D eigenvalue weighted by molar-refractivity contribution is 5.70. The van der Waals surface area contributed by atoms with Crippen LogP contribution in [0.1, 0.15) is 38.1 Å². The molecule has 0 heterocycles. The van der Waals surface area contributed by atoms with Gasteiger partial charge in [0.2, 0.25) is 0 Å². The van der Waals surface area contributed by atoms with Crippen molar-refractivity contribution in [3.05, 3.63) is 35.4 Å². The third-order valence-corrected chi connectivity index (χ3v) is 2.43. The van der Waals surface area contributed by atoms with Gasteiger partial charge in [0.25, 0.3) is 0 Å². The molecule has 0 bridgehead atoms. The van der Waals surface area contributed by atoms with Crippen LogP contribution in [0.5, 0.6) is 0 Å². The van der Waals surface area contributed by atoms with Gasteiger partial charge in [-0.15, -0.1) is 0 Å². The molecule has 0 aliphatic rings. The second-order valence-electron chi connectivity index (χ2n) is 5.00. The van der Waals surface area contributed by atoms with Crippen LogP contribution < -0.4 is 0 Å². The number of alkyl halides is 1. The number of aliphatic carboxylic acids is 1. The van der Waals surface area contributed by atoms with Crippen LogP contribution in [0.3, 0.4) is 0 Å². The Labute approximate surface area is 95.1 Å². The molecule has 0 spiro atoms. The lowest BCUT2D eigenvalue weighted by Crippen LogP contribution is -2.16. The number of rotatable bonds is 3. The zero-order valence-corrected chi connectivity index (χ0v) is 9.83. The highest BCUT2D eigenvalue weighted by Gasteiger charge is 2.27. The van der Waals surface area contributed by atoms with E-state index in [0.717, 1.165) is 0 Å². The maximum Gasteiger partial charge on any atom is 0.307 e. The molecular formula is C13H17FO2. The predicted molar refractivity (Wildman–Crippen MR) is 61.1 cm³/mol. The van der Waals surface area contributed by atoms with E-state index in [2.05, 4.69) is 0 Å². The molecular weight excluding hydrogens is 207 g/mol. The Hall–Kier alpha value is -1.38. The van der Waals surface area contributed by atoms with Crippen LogP contribution in [0.25, 0.3) is 0 Å². The molecule has 0 fully saturated rings. The van der Waals surface area contributed by atoms with Crippen molar-refractivity contribution in [2.24, 2.45) is 5.41 Å². The molecule has 0 aliphatic heterocycles. The van der Waals surface area contributed by atoms with E-state index in [9.17, 15) is 9.18 Å². The number of benzene rings is 1. The third kappa shape index (κ3) is 3.05. The first-order valence-corrected chi connectivity index (χ1v) is 5.26. The summed E-state index contributed by atoms with van der Waals surface area (Å²) in [6.45, 7) is 5.40. The summed E-state index contributed by atoms with van der Waals surface area (Å²) in [6, 6.07) is 6.80. The first-order valence-electron chi connectivity index (χ1n) is 5.26. The Kier molecular flexibility index (Phi) is 3.68. The van der Waals surface area contributed by atoms with Gasteiger partial charge in [-0.05, 0) is 16.5 Å². The molecule has 1 N–H and O–H groups in total. The normalized spacial score (nSPS) is 13.5. The van der Waals surface area contributed by atoms with Crippen molar-refractivity contribution in [2.75, 3.05) is 0 Å². The lowest BCUT2D eigenvalue weighted by molar-refractivity contribution is -0.136. The predicted octanol–water partition coefficient (Wildman–Crippen LogP) is 3.37. The van der Waals surface area contributed by atoms with Crippen molar-refractivity contribution in [1.82, 2.24) is 0 Å². The lowest BCUT2D eigenvalue weighted by atomic mass is 9.83. The quantitative estimate of drug-likeness (QED) is 0.854. The molecule has 1 unspecified atom stereocenters. The average Bonchev–Trinajstić information content (AvgIpc) is 2.15. The zero-order valence-electron chi connectivity index (χ0n) is 9.83. The Morgan fingerprint density at radius 3 is 2.44 bits per heavy atom. The van der Waals surface area contributed by atoms with Gasteiger partial charge < -0.3 is 5.11 Å². The lowest BCUT2D eigenvalue weighted by Gasteiger charge is -2.25. The van der Waals surface area contributed by atoms with Gasteiger partial charge in [-0.1, -0.05) is 45.0 Å². The van der Waals surface area contributed by atoms with E-state index in [1.54, 1.807) is 45.0 Å². The monoisotopic (exact) mass is 224 g/mol. The van der Waals surface area contributed by atoms with Crippen LogP contribution in [-0.2, 0) is 11.2 Å². The fourth-order valence-electron chi connectivity index (χ4n) is 1.57. The molecule has 1 aromatic rings. The summed E-state index contributed by atoms with van der Waals surface area (Å²) >= 11 is 0. The molecule has 88 valence electrons. The third-order valence-electron chi connectivity index (χ3n) is 2.43. The fourth-order valence-corrected chi connectivity index (χ4v) is 1.57. The van der Waals surface area contributed by atoms with Crippen LogP contribution in [0, 0.1) is 5.41 Å². The first-order chi connectivity index (χ1) is 7.32. The minimum atomic E-state index is -1.15. The standard InChI is InChI=1S/C13H17FO2/c1-13(2,3)12(14)10-7-5-4-6-9(10)8-11(15)16/h4-7,12H,8H2,1-3H3,(H,15,16). The SMILES string of the molecule is CC(C)(C)C(F)c1ccccc1CC(=O)O. The number of carbonyl (C=O) groups is 1. The summed E-state index contributed by atoms with van der Waals surface area (Å²) in [4.78, 5) is 10.7. The summed E-state index contributed by atoms with van der Waals surface area (Å²) in [7, 11) is 0. The van der Waals surface area contributed by atoms with E-state index in [4.69, 9.17) is 5.11 Å². The van der Waals surface area contributed by atoms with Gasteiger partial charge in [0.15, 0.2) is 0 Å². The van der Waals surface area contributed by atoms with Crippen molar-refractivity contribution in [2.45, 2.75) is 33.4 Å². The van der Waals surface area contributed by atoms with Gasteiger partial charge in [0.1, 0.15) is 6.17 Å². The van der Waals surface area contributed by atoms with Crippen LogP contribution in [0.4, 0.5) is 4.39 Å². The van der Waals surface area contributed by atoms with Crippen molar-refractivity contribution in [3.8, 4) is 0 Å². The van der Waals surface area contributed by atoms with Crippen molar-refractivity contribution >= 4 is 5.97 Å². The van der Waals surface area contributed by atoms with E-state index in [1.807, 2.05) is 0 Å². The summed E-state index contributed by atoms with van der Waals surface area (Å²) in [5.41, 5.74) is 0.518. The summed E-state index contributed by atoms with van der Waals surface area (Å²) in [5.74, 6) is -0.937. The maximum atomic E-state index is 14.2. The number of halogens is 1. The molecule has 0 radical (unpaired) electrons. The second kappa shape index (κ2) is 4.64. The van der Waals surface area contributed by atoms with Gasteiger partial charge in [-0.25, -0.2) is 4.39 Å². The molecule has 0 aliphatic carbocycles. The van der Waals surface area contributed by atoms with Crippen LogP contribution in [0.15, 0.2) is 24.3 Å². The van der Waals surface area contributed by atoms with Crippen molar-refractivity contribution < 1.29 is 14.3 Å². The van der Waals surface area contributed by atoms with Gasteiger partial charge >= 0.3 is 5.97 Å². The number of hydrogen-bond donors (Lipinski definition) is 1. The fraction of sp³-hybridized carbons (Fsp3) is 0.462. The Bertz CT molecular complexity index is 380. The minimum absolute atomic E-state index is 0.132. The molecule has 0 aromatic heterocycles. The Morgan fingerprint density at radius 1 is 1.38 bits per heavy atom. The topological polar surface area (TPSA) is 37.3 Å². The van der Waals surface area contributed by atoms with Crippen LogP contribution in [-0.4, -0.2) is 11.1 Å². The first kappa shape index (κ1) is 12.7. The maximum absolute atomic E-state index is 14.2. The number of carboxylic acids is 1. The second-order valence-corrected chi connectivity index (χ2v) is 5.00. The largest absolute Gasteiger partial charge is 0.481 e. The average molecular weight is 224 g/mol. The van der Waals surface area contributed by atoms with Gasteiger partial charge in [-0.2, -0.15) is 0 Å². The molecule has 1 atom stereocenters. The Morgan fingerprint density at radius 2 is 1.94 bits per heavy atom. The molecule has 0 saturated carbocycles. The highest BCUT2D eigenvalue weighted by atomic mass is 19.1. The Balaban J connectivity index is 3.08. The van der Waals surface area contributed by atoms with Gasteiger partial charge in [0.05, 0.1) is 6.42 Å². The molecule has 1 aromatic carbocycles. The molecule has 3 heteroatoms. The number of carboxylic acid groups (broad SMARTS) is 1. The van der Waals surface area contributed by atoms with E-state index >= 15 is 0 Å². The van der Waals surface area contributed by atoms with E-state index < -0.39 is 17.6 Å². The molecule has 2 nitrogen and oxygen atoms in total. The van der Waals surface area contributed by atoms with Gasteiger partial charge in [-0.3, -0.25) is 4.79 Å². The van der Waals surface area contributed by atoms with E-state index in [0.29, 0.717) is 11.1 Å². The highest BCUT2D eigenvalue weighted by Crippen LogP contribution is 2.37. The smallest absolute Gasteiger partial charge is 0.307 e. The minimum Gasteiger partial charge on any atom is -0.481 e. The van der Waals surface area contributed by atoms with Crippen molar-refractivity contribution in [1.29, 1.82) is 0 Å². The summed E-state index contributed by atoms with van der Waals surface area (Å²) < 4.78 is 14.2. The van der Waals surface area contributed by atoms with Crippen molar-refractivity contribution in [3.63, 3.8) is 0 Å². The van der Waals surface area contributed by atoms with Crippen LogP contribution >= 0.6 is 0 Å². The number of hydrogen-bond acceptors (Lipinski definition) is 1. The van der Waals surface area contributed by atoms with Gasteiger partial charge in [0, 0.05) is 0 Å². The molecule has 0 amide bonds.